The molecule has 0 aromatic heterocycles. The summed E-state index contributed by atoms with van der Waals surface area (Å²) in [5.41, 5.74) is -0.474. The number of hydrogen-bond acceptors (Lipinski definition) is 3. The Hall–Kier alpha value is -1.06. The molecule has 17 heavy (non-hydrogen) atoms. The van der Waals surface area contributed by atoms with Crippen LogP contribution in [0.2, 0.25) is 0 Å². The Bertz CT molecular complexity index is 284. The van der Waals surface area contributed by atoms with E-state index in [0.29, 0.717) is 0 Å². The van der Waals surface area contributed by atoms with E-state index in [9.17, 15) is 9.59 Å². The molecule has 0 aliphatic carbocycles. The fourth-order valence-corrected chi connectivity index (χ4v) is 2.42. The average molecular weight is 241 g/mol. The van der Waals surface area contributed by atoms with Gasteiger partial charge in [0.2, 0.25) is 0 Å². The van der Waals surface area contributed by atoms with Crippen molar-refractivity contribution < 1.29 is 14.3 Å². The van der Waals surface area contributed by atoms with Gasteiger partial charge in [0.1, 0.15) is 11.9 Å². The van der Waals surface area contributed by atoms with Crippen molar-refractivity contribution >= 4 is 12.4 Å². The van der Waals surface area contributed by atoms with Crippen molar-refractivity contribution in [3.63, 3.8) is 0 Å². The fraction of sp³-hybridized carbons (Fsp3) is 0.846. The predicted octanol–water partition coefficient (Wildman–Crippen LogP) is 2.61. The maximum Gasteiger partial charge on any atom is 0.410 e. The average Bonchev–Trinajstić information content (AvgIpc) is 2.13. The van der Waals surface area contributed by atoms with E-state index in [-0.39, 0.29) is 24.1 Å². The summed E-state index contributed by atoms with van der Waals surface area (Å²) in [5, 5.41) is 0. The number of amides is 1. The molecule has 1 amide bonds. The first-order valence-corrected chi connectivity index (χ1v) is 6.21. The van der Waals surface area contributed by atoms with Crippen LogP contribution in [0, 0.1) is 5.92 Å². The summed E-state index contributed by atoms with van der Waals surface area (Å²) in [5.74, 6) is 0.0682. The lowest BCUT2D eigenvalue weighted by molar-refractivity contribution is -0.113. The van der Waals surface area contributed by atoms with Gasteiger partial charge in [-0.2, -0.15) is 0 Å². The monoisotopic (exact) mass is 241 g/mol. The molecule has 0 radical (unpaired) electrons. The molecule has 0 spiro atoms. The van der Waals surface area contributed by atoms with Crippen LogP contribution in [0.3, 0.4) is 0 Å². The SMILES string of the molecule is C[C@@H]1CC(C=O)C[C@H](C)N1C(=O)OC(C)(C)C. The highest BCUT2D eigenvalue weighted by molar-refractivity contribution is 5.69. The number of hydrogen-bond donors (Lipinski definition) is 0. The summed E-state index contributed by atoms with van der Waals surface area (Å²) in [6.07, 6.45) is 2.18. The van der Waals surface area contributed by atoms with Gasteiger partial charge in [0.25, 0.3) is 0 Å². The molecule has 1 unspecified atom stereocenters. The topological polar surface area (TPSA) is 46.6 Å². The van der Waals surface area contributed by atoms with Crippen molar-refractivity contribution in [1.82, 2.24) is 4.90 Å². The minimum atomic E-state index is -0.474. The fourth-order valence-electron chi connectivity index (χ4n) is 2.42. The second-order valence-electron chi connectivity index (χ2n) is 5.95. The second-order valence-corrected chi connectivity index (χ2v) is 5.95. The van der Waals surface area contributed by atoms with Gasteiger partial charge in [-0.05, 0) is 47.5 Å². The van der Waals surface area contributed by atoms with Crippen LogP contribution in [-0.4, -0.2) is 35.0 Å². The lowest BCUT2D eigenvalue weighted by atomic mass is 9.88. The molecule has 0 aromatic rings. The summed E-state index contributed by atoms with van der Waals surface area (Å²) >= 11 is 0. The zero-order valence-corrected chi connectivity index (χ0v) is 11.4. The lowest BCUT2D eigenvalue weighted by Gasteiger charge is -2.41. The molecule has 1 aliphatic heterocycles. The van der Waals surface area contributed by atoms with Gasteiger partial charge in [-0.25, -0.2) is 4.79 Å². The van der Waals surface area contributed by atoms with Gasteiger partial charge in [0.15, 0.2) is 0 Å². The van der Waals surface area contributed by atoms with Gasteiger partial charge in [-0.15, -0.1) is 0 Å². The van der Waals surface area contributed by atoms with Crippen LogP contribution >= 0.6 is 0 Å². The third kappa shape index (κ3) is 3.72. The molecule has 4 nitrogen and oxygen atoms in total. The molecule has 1 rings (SSSR count). The van der Waals surface area contributed by atoms with Crippen molar-refractivity contribution in [3.05, 3.63) is 0 Å². The Balaban J connectivity index is 2.70. The molecule has 0 bridgehead atoms. The minimum absolute atomic E-state index is 0.0591. The highest BCUT2D eigenvalue weighted by atomic mass is 16.6. The Morgan fingerprint density at radius 2 is 1.71 bits per heavy atom. The van der Waals surface area contributed by atoms with Crippen LogP contribution in [0.25, 0.3) is 0 Å². The van der Waals surface area contributed by atoms with Gasteiger partial charge >= 0.3 is 6.09 Å². The number of carbonyl (C=O) groups is 2. The normalized spacial score (nSPS) is 29.9. The number of carbonyl (C=O) groups excluding carboxylic acids is 2. The molecular formula is C13H23NO3. The van der Waals surface area contributed by atoms with Gasteiger partial charge < -0.3 is 14.4 Å². The standard InChI is InChI=1S/C13H23NO3/c1-9-6-11(8-15)7-10(2)14(9)12(16)17-13(3,4)5/h8-11H,6-7H2,1-5H3/t9-,10+,11?. The van der Waals surface area contributed by atoms with E-state index in [0.717, 1.165) is 19.1 Å². The predicted molar refractivity (Wildman–Crippen MR) is 65.8 cm³/mol. The zero-order valence-electron chi connectivity index (χ0n) is 11.4. The summed E-state index contributed by atoms with van der Waals surface area (Å²) in [6, 6.07) is 0.118. The van der Waals surface area contributed by atoms with Crippen molar-refractivity contribution in [1.29, 1.82) is 0 Å². The van der Waals surface area contributed by atoms with E-state index >= 15 is 0 Å². The first-order valence-electron chi connectivity index (χ1n) is 6.21. The quantitative estimate of drug-likeness (QED) is 0.663. The van der Waals surface area contributed by atoms with Crippen LogP contribution in [0.5, 0.6) is 0 Å². The van der Waals surface area contributed by atoms with E-state index in [1.54, 1.807) is 4.90 Å². The van der Waals surface area contributed by atoms with Crippen LogP contribution < -0.4 is 0 Å². The Kier molecular flexibility index (Phi) is 4.17. The maximum absolute atomic E-state index is 12.0. The number of ether oxygens (including phenoxy) is 1. The highest BCUT2D eigenvalue weighted by Gasteiger charge is 2.36. The van der Waals surface area contributed by atoms with Crippen molar-refractivity contribution in [3.8, 4) is 0 Å². The largest absolute Gasteiger partial charge is 0.444 e. The molecule has 1 aliphatic rings. The van der Waals surface area contributed by atoms with Crippen LogP contribution in [0.15, 0.2) is 0 Å². The third-order valence-electron chi connectivity index (χ3n) is 3.03. The summed E-state index contributed by atoms with van der Waals surface area (Å²) in [7, 11) is 0. The number of piperidine rings is 1. The van der Waals surface area contributed by atoms with Crippen LogP contribution in [0.4, 0.5) is 4.79 Å². The third-order valence-corrected chi connectivity index (χ3v) is 3.03. The van der Waals surface area contributed by atoms with Crippen molar-refractivity contribution in [2.75, 3.05) is 0 Å². The van der Waals surface area contributed by atoms with E-state index in [4.69, 9.17) is 4.74 Å². The van der Waals surface area contributed by atoms with E-state index in [1.165, 1.54) is 0 Å². The Labute approximate surface area is 103 Å². The Morgan fingerprint density at radius 1 is 1.24 bits per heavy atom. The van der Waals surface area contributed by atoms with Gasteiger partial charge in [0.05, 0.1) is 0 Å². The number of aldehydes is 1. The van der Waals surface area contributed by atoms with Crippen molar-refractivity contribution in [2.24, 2.45) is 5.92 Å². The molecule has 4 heteroatoms. The smallest absolute Gasteiger partial charge is 0.410 e. The summed E-state index contributed by atoms with van der Waals surface area (Å²) in [4.78, 5) is 24.6. The summed E-state index contributed by atoms with van der Waals surface area (Å²) in [6.45, 7) is 9.52. The molecule has 0 N–H and O–H groups in total. The van der Waals surface area contributed by atoms with Gasteiger partial charge in [-0.1, -0.05) is 0 Å². The van der Waals surface area contributed by atoms with Crippen LogP contribution in [-0.2, 0) is 9.53 Å². The van der Waals surface area contributed by atoms with Crippen LogP contribution in [0.1, 0.15) is 47.5 Å². The van der Waals surface area contributed by atoms with Crippen molar-refractivity contribution in [2.45, 2.75) is 65.1 Å². The van der Waals surface area contributed by atoms with Gasteiger partial charge in [0, 0.05) is 18.0 Å². The highest BCUT2D eigenvalue weighted by Crippen LogP contribution is 2.28. The molecular weight excluding hydrogens is 218 g/mol. The molecule has 98 valence electrons. The minimum Gasteiger partial charge on any atom is -0.444 e. The van der Waals surface area contributed by atoms with E-state index in [1.807, 2.05) is 34.6 Å². The zero-order chi connectivity index (χ0) is 13.2. The molecule has 1 heterocycles. The van der Waals surface area contributed by atoms with E-state index in [2.05, 4.69) is 0 Å². The molecule has 0 aromatic carbocycles. The first-order chi connectivity index (χ1) is 7.74. The lowest BCUT2D eigenvalue weighted by Crippen LogP contribution is -2.51. The number of likely N-dealkylation sites (tertiary alicyclic amines) is 1. The first kappa shape index (κ1) is 14.0. The molecule has 1 saturated heterocycles. The van der Waals surface area contributed by atoms with Gasteiger partial charge in [-0.3, -0.25) is 0 Å². The number of rotatable bonds is 1. The Morgan fingerprint density at radius 3 is 2.06 bits per heavy atom. The molecule has 3 atom stereocenters. The molecule has 1 fully saturated rings. The maximum atomic E-state index is 12.0. The molecule has 0 saturated carbocycles. The van der Waals surface area contributed by atoms with E-state index < -0.39 is 5.60 Å². The second kappa shape index (κ2) is 5.07. The number of nitrogens with zero attached hydrogens (tertiary/aromatic N) is 1. The summed E-state index contributed by atoms with van der Waals surface area (Å²) < 4.78 is 5.39.